The molecule has 3 nitrogen and oxygen atoms in total. The zero-order chi connectivity index (χ0) is 9.97. The van der Waals surface area contributed by atoms with Crippen molar-refractivity contribution < 1.29 is 4.74 Å². The minimum atomic E-state index is 0.315. The van der Waals surface area contributed by atoms with Crippen molar-refractivity contribution in [3.8, 4) is 0 Å². The van der Waals surface area contributed by atoms with Gasteiger partial charge in [-0.05, 0) is 17.5 Å². The van der Waals surface area contributed by atoms with Gasteiger partial charge in [0.1, 0.15) is 0 Å². The van der Waals surface area contributed by atoms with E-state index in [4.69, 9.17) is 10.6 Å². The maximum atomic E-state index is 5.93. The summed E-state index contributed by atoms with van der Waals surface area (Å²) in [5.74, 6) is 5.93. The van der Waals surface area contributed by atoms with E-state index in [1.165, 1.54) is 11.1 Å². The van der Waals surface area contributed by atoms with E-state index in [1.54, 1.807) is 7.11 Å². The molecule has 2 N–H and O–H groups in total. The van der Waals surface area contributed by atoms with Crippen molar-refractivity contribution in [3.05, 3.63) is 35.4 Å². The summed E-state index contributed by atoms with van der Waals surface area (Å²) in [7, 11) is 1.72. The van der Waals surface area contributed by atoms with E-state index in [1.807, 2.05) is 5.01 Å². The van der Waals surface area contributed by atoms with Gasteiger partial charge >= 0.3 is 0 Å². The summed E-state index contributed by atoms with van der Waals surface area (Å²) in [6, 6.07) is 8.76. The van der Waals surface area contributed by atoms with Crippen LogP contribution < -0.4 is 5.84 Å². The van der Waals surface area contributed by atoms with Crippen molar-refractivity contribution in [2.75, 3.05) is 13.7 Å². The van der Waals surface area contributed by atoms with Gasteiger partial charge in [0.2, 0.25) is 0 Å². The summed E-state index contributed by atoms with van der Waals surface area (Å²) in [4.78, 5) is 0. The summed E-state index contributed by atoms with van der Waals surface area (Å²) in [6.45, 7) is 1.52. The number of hydrazine groups is 1. The van der Waals surface area contributed by atoms with Crippen molar-refractivity contribution in [1.82, 2.24) is 5.01 Å². The highest BCUT2D eigenvalue weighted by atomic mass is 16.5. The van der Waals surface area contributed by atoms with Crippen LogP contribution in [-0.4, -0.2) is 24.8 Å². The molecular weight excluding hydrogens is 176 g/mol. The van der Waals surface area contributed by atoms with Gasteiger partial charge in [0.05, 0.1) is 12.6 Å². The second-order valence-corrected chi connectivity index (χ2v) is 3.75. The Balaban J connectivity index is 2.18. The second-order valence-electron chi connectivity index (χ2n) is 3.75. The molecule has 1 heterocycles. The first kappa shape index (κ1) is 9.65. The fraction of sp³-hybridized carbons (Fsp3) is 0.455. The van der Waals surface area contributed by atoms with E-state index >= 15 is 0 Å². The molecule has 1 aliphatic heterocycles. The third-order valence-electron chi connectivity index (χ3n) is 2.75. The first-order chi connectivity index (χ1) is 6.81. The quantitative estimate of drug-likeness (QED) is 0.708. The van der Waals surface area contributed by atoms with Crippen LogP contribution >= 0.6 is 0 Å². The Morgan fingerprint density at radius 3 is 2.86 bits per heavy atom. The van der Waals surface area contributed by atoms with Gasteiger partial charge in [0, 0.05) is 13.7 Å². The van der Waals surface area contributed by atoms with Crippen molar-refractivity contribution in [1.29, 1.82) is 0 Å². The summed E-state index contributed by atoms with van der Waals surface area (Å²) in [6.07, 6.45) is 0.987. The minimum absolute atomic E-state index is 0.315. The summed E-state index contributed by atoms with van der Waals surface area (Å²) < 4.78 is 5.15. The molecule has 0 bridgehead atoms. The summed E-state index contributed by atoms with van der Waals surface area (Å²) in [5, 5.41) is 1.87. The Hall–Kier alpha value is -0.900. The number of nitrogens with zero attached hydrogens (tertiary/aromatic N) is 1. The van der Waals surface area contributed by atoms with E-state index in [9.17, 15) is 0 Å². The normalized spacial score (nSPS) is 22.0. The average Bonchev–Trinajstić information content (AvgIpc) is 2.19. The zero-order valence-corrected chi connectivity index (χ0v) is 8.44. The molecule has 0 fully saturated rings. The minimum Gasteiger partial charge on any atom is -0.383 e. The molecule has 0 radical (unpaired) electrons. The fourth-order valence-corrected chi connectivity index (χ4v) is 1.95. The van der Waals surface area contributed by atoms with Crippen molar-refractivity contribution in [2.24, 2.45) is 5.84 Å². The molecule has 1 atom stereocenters. The van der Waals surface area contributed by atoms with Crippen LogP contribution in [0, 0.1) is 0 Å². The van der Waals surface area contributed by atoms with Gasteiger partial charge in [-0.3, -0.25) is 5.84 Å². The molecule has 2 rings (SSSR count). The smallest absolute Gasteiger partial charge is 0.0635 e. The number of nitrogens with two attached hydrogens (primary N) is 1. The van der Waals surface area contributed by atoms with Gasteiger partial charge in [-0.25, -0.2) is 5.01 Å². The van der Waals surface area contributed by atoms with Gasteiger partial charge < -0.3 is 4.74 Å². The molecule has 0 spiro atoms. The molecule has 0 saturated carbocycles. The number of benzene rings is 1. The highest BCUT2D eigenvalue weighted by Crippen LogP contribution is 2.20. The van der Waals surface area contributed by atoms with Gasteiger partial charge in [0.15, 0.2) is 0 Å². The van der Waals surface area contributed by atoms with Crippen LogP contribution in [0.4, 0.5) is 0 Å². The lowest BCUT2D eigenvalue weighted by Gasteiger charge is -2.32. The SMILES string of the molecule is COC[C@@H]1Cc2ccccc2CN1N. The van der Waals surface area contributed by atoms with Crippen LogP contribution in [0.2, 0.25) is 0 Å². The molecule has 1 aromatic rings. The third-order valence-corrected chi connectivity index (χ3v) is 2.75. The van der Waals surface area contributed by atoms with Gasteiger partial charge in [0.25, 0.3) is 0 Å². The molecule has 1 aliphatic rings. The number of methoxy groups -OCH3 is 1. The molecule has 0 aromatic heterocycles. The van der Waals surface area contributed by atoms with E-state index in [0.29, 0.717) is 12.6 Å². The van der Waals surface area contributed by atoms with Crippen LogP contribution in [0.25, 0.3) is 0 Å². The maximum Gasteiger partial charge on any atom is 0.0635 e. The Kier molecular flexibility index (Phi) is 2.82. The van der Waals surface area contributed by atoms with Crippen molar-refractivity contribution >= 4 is 0 Å². The predicted molar refractivity (Wildman–Crippen MR) is 55.5 cm³/mol. The van der Waals surface area contributed by atoms with Crippen LogP contribution in [0.5, 0.6) is 0 Å². The Labute approximate surface area is 84.4 Å². The molecule has 14 heavy (non-hydrogen) atoms. The zero-order valence-electron chi connectivity index (χ0n) is 8.44. The first-order valence-corrected chi connectivity index (χ1v) is 4.88. The van der Waals surface area contributed by atoms with Crippen LogP contribution in [0.1, 0.15) is 11.1 Å². The highest BCUT2D eigenvalue weighted by molar-refractivity contribution is 5.29. The predicted octanol–water partition coefficient (Wildman–Crippen LogP) is 0.933. The van der Waals surface area contributed by atoms with E-state index in [0.717, 1.165) is 13.0 Å². The molecule has 76 valence electrons. The lowest BCUT2D eigenvalue weighted by molar-refractivity contribution is 0.0777. The van der Waals surface area contributed by atoms with Crippen molar-refractivity contribution in [3.63, 3.8) is 0 Å². The van der Waals surface area contributed by atoms with Gasteiger partial charge in [-0.1, -0.05) is 24.3 Å². The molecule has 1 aromatic carbocycles. The first-order valence-electron chi connectivity index (χ1n) is 4.88. The maximum absolute atomic E-state index is 5.93. The Bertz CT molecular complexity index is 314. The summed E-state index contributed by atoms with van der Waals surface area (Å²) in [5.41, 5.74) is 2.73. The van der Waals surface area contributed by atoms with Crippen LogP contribution in [-0.2, 0) is 17.7 Å². The number of hydrogen-bond acceptors (Lipinski definition) is 3. The highest BCUT2D eigenvalue weighted by Gasteiger charge is 2.22. The lowest BCUT2D eigenvalue weighted by atomic mass is 9.96. The topological polar surface area (TPSA) is 38.5 Å². The largest absolute Gasteiger partial charge is 0.383 e. The third kappa shape index (κ3) is 1.80. The van der Waals surface area contributed by atoms with Gasteiger partial charge in [-0.15, -0.1) is 0 Å². The lowest BCUT2D eigenvalue weighted by Crippen LogP contribution is -2.47. The van der Waals surface area contributed by atoms with E-state index < -0.39 is 0 Å². The molecule has 0 aliphatic carbocycles. The average molecular weight is 192 g/mol. The summed E-state index contributed by atoms with van der Waals surface area (Å²) >= 11 is 0. The molecule has 0 saturated heterocycles. The van der Waals surface area contributed by atoms with Crippen LogP contribution in [0.3, 0.4) is 0 Å². The number of hydrogen-bond donors (Lipinski definition) is 1. The molecule has 0 unspecified atom stereocenters. The fourth-order valence-electron chi connectivity index (χ4n) is 1.95. The van der Waals surface area contributed by atoms with Crippen molar-refractivity contribution in [2.45, 2.75) is 19.0 Å². The van der Waals surface area contributed by atoms with E-state index in [2.05, 4.69) is 24.3 Å². The Morgan fingerprint density at radius 1 is 1.43 bits per heavy atom. The molecule has 0 amide bonds. The number of fused-ring (bicyclic) bond motifs is 1. The molecule has 3 heteroatoms. The van der Waals surface area contributed by atoms with E-state index in [-0.39, 0.29) is 0 Å². The molecular formula is C11H16N2O. The standard InChI is InChI=1S/C11H16N2O/c1-14-8-11-6-9-4-2-3-5-10(9)7-13(11)12/h2-5,11H,6-8,12H2,1H3/t11-/m0/s1. The monoisotopic (exact) mass is 192 g/mol. The second kappa shape index (κ2) is 4.09. The van der Waals surface area contributed by atoms with Gasteiger partial charge in [-0.2, -0.15) is 0 Å². The van der Waals surface area contributed by atoms with Crippen LogP contribution in [0.15, 0.2) is 24.3 Å². The number of rotatable bonds is 2. The Morgan fingerprint density at radius 2 is 2.14 bits per heavy atom. The number of ether oxygens (including phenoxy) is 1.